The topological polar surface area (TPSA) is 85.4 Å². The van der Waals surface area contributed by atoms with E-state index in [0.717, 1.165) is 23.2 Å². The van der Waals surface area contributed by atoms with Gasteiger partial charge in [0.15, 0.2) is 17.1 Å². The highest BCUT2D eigenvalue weighted by Gasteiger charge is 2.33. The third-order valence-corrected chi connectivity index (χ3v) is 5.55. The van der Waals surface area contributed by atoms with Gasteiger partial charge in [-0.3, -0.25) is 4.40 Å². The molecule has 1 aliphatic rings. The molecule has 1 aliphatic heterocycles. The summed E-state index contributed by atoms with van der Waals surface area (Å²) in [5, 5.41) is 20.3. The fraction of sp³-hybridized carbons (Fsp3) is 0.300. The molecule has 0 bridgehead atoms. The van der Waals surface area contributed by atoms with E-state index in [1.165, 1.54) is 0 Å². The van der Waals surface area contributed by atoms with E-state index < -0.39 is 5.60 Å². The Kier molecular flexibility index (Phi) is 4.04. The molecule has 4 aromatic rings. The Hall–Kier alpha value is -2.61. The lowest BCUT2D eigenvalue weighted by atomic mass is 9.87. The minimum atomic E-state index is -1.03. The van der Waals surface area contributed by atoms with Crippen LogP contribution in [0.5, 0.6) is 0 Å². The summed E-state index contributed by atoms with van der Waals surface area (Å²) in [6.45, 7) is 2.82. The number of hydrogen-bond donors (Lipinski definition) is 1. The van der Waals surface area contributed by atoms with E-state index in [2.05, 4.69) is 20.2 Å². The second-order valence-corrected chi connectivity index (χ2v) is 7.52. The zero-order valence-electron chi connectivity index (χ0n) is 15.3. The maximum atomic E-state index is 11.1. The molecule has 142 valence electrons. The van der Waals surface area contributed by atoms with Gasteiger partial charge in [0.05, 0.1) is 17.3 Å². The number of aryl methyl sites for hydroxylation is 1. The van der Waals surface area contributed by atoms with Crippen LogP contribution < -0.4 is 0 Å². The van der Waals surface area contributed by atoms with Crippen molar-refractivity contribution in [2.75, 3.05) is 13.2 Å². The number of fused-ring (bicyclic) bond motifs is 3. The molecule has 1 atom stereocenters. The summed E-state index contributed by atoms with van der Waals surface area (Å²) >= 11 is 6.53. The average molecular weight is 396 g/mol. The largest absolute Gasteiger partial charge is 0.383 e. The Bertz CT molecular complexity index is 1200. The molecule has 0 spiro atoms. The van der Waals surface area contributed by atoms with Gasteiger partial charge >= 0.3 is 0 Å². The SMILES string of the molecule is Cc1nc2cccnc2n2c(-c3cc([C@@]4(O)CCCOC4)ccc3Cl)nnc12. The fourth-order valence-electron chi connectivity index (χ4n) is 3.77. The Balaban J connectivity index is 1.76. The van der Waals surface area contributed by atoms with Crippen LogP contribution in [0.15, 0.2) is 36.5 Å². The van der Waals surface area contributed by atoms with Gasteiger partial charge in [0.2, 0.25) is 0 Å². The Labute approximate surface area is 166 Å². The standard InChI is InChI=1S/C20H18ClN5O2/c1-12-17-24-25-18(26(17)19-16(23-12)4-2-8-22-19)14-10-13(5-6-15(14)21)20(27)7-3-9-28-11-20/h2,4-6,8,10,27H,3,7,9,11H2,1H3/t20-/m1/s1. The van der Waals surface area contributed by atoms with Crippen molar-refractivity contribution in [2.24, 2.45) is 0 Å². The summed E-state index contributed by atoms with van der Waals surface area (Å²) in [6, 6.07) is 9.24. The molecule has 1 aromatic carbocycles. The quantitative estimate of drug-likeness (QED) is 0.560. The molecule has 0 radical (unpaired) electrons. The number of aromatic nitrogens is 5. The molecule has 28 heavy (non-hydrogen) atoms. The molecule has 1 saturated heterocycles. The second-order valence-electron chi connectivity index (χ2n) is 7.11. The van der Waals surface area contributed by atoms with Crippen LogP contribution in [-0.2, 0) is 10.3 Å². The van der Waals surface area contributed by atoms with Gasteiger partial charge in [-0.15, -0.1) is 10.2 Å². The summed E-state index contributed by atoms with van der Waals surface area (Å²) in [6.07, 6.45) is 3.16. The van der Waals surface area contributed by atoms with Gasteiger partial charge in [0.1, 0.15) is 11.1 Å². The first-order valence-electron chi connectivity index (χ1n) is 9.14. The molecule has 1 fully saturated rings. The predicted octanol–water partition coefficient (Wildman–Crippen LogP) is 3.30. The Morgan fingerprint density at radius 3 is 2.93 bits per heavy atom. The summed E-state index contributed by atoms with van der Waals surface area (Å²) in [5.41, 5.74) is 3.20. The minimum absolute atomic E-state index is 0.266. The molecule has 0 aliphatic carbocycles. The van der Waals surface area contributed by atoms with Gasteiger partial charge in [0.25, 0.3) is 0 Å². The van der Waals surface area contributed by atoms with E-state index in [9.17, 15) is 5.11 Å². The number of nitrogens with zero attached hydrogens (tertiary/aromatic N) is 5. The number of hydrogen-bond acceptors (Lipinski definition) is 6. The van der Waals surface area contributed by atoms with Gasteiger partial charge in [-0.05, 0) is 49.6 Å². The van der Waals surface area contributed by atoms with Crippen LogP contribution in [-0.4, -0.2) is 42.9 Å². The summed E-state index contributed by atoms with van der Waals surface area (Å²) in [5.74, 6) is 0.566. The summed E-state index contributed by atoms with van der Waals surface area (Å²) < 4.78 is 7.37. The first-order chi connectivity index (χ1) is 13.6. The number of pyridine rings is 1. The maximum absolute atomic E-state index is 11.1. The normalized spacial score (nSPS) is 20.1. The van der Waals surface area contributed by atoms with Crippen LogP contribution in [0.4, 0.5) is 0 Å². The molecule has 1 N–H and O–H groups in total. The van der Waals surface area contributed by atoms with Crippen LogP contribution in [0.3, 0.4) is 0 Å². The summed E-state index contributed by atoms with van der Waals surface area (Å²) in [7, 11) is 0. The van der Waals surface area contributed by atoms with Gasteiger partial charge < -0.3 is 9.84 Å². The van der Waals surface area contributed by atoms with Gasteiger partial charge in [-0.2, -0.15) is 0 Å². The third-order valence-electron chi connectivity index (χ3n) is 5.22. The number of aliphatic hydroxyl groups is 1. The van der Waals surface area contributed by atoms with Crippen molar-refractivity contribution >= 4 is 28.4 Å². The highest BCUT2D eigenvalue weighted by Crippen LogP contribution is 2.36. The zero-order chi connectivity index (χ0) is 19.3. The van der Waals surface area contributed by atoms with Gasteiger partial charge in [-0.25, -0.2) is 9.97 Å². The van der Waals surface area contributed by atoms with Crippen molar-refractivity contribution in [3.8, 4) is 11.4 Å². The van der Waals surface area contributed by atoms with E-state index in [0.29, 0.717) is 40.7 Å². The molecular formula is C20H18ClN5O2. The van der Waals surface area contributed by atoms with Crippen molar-refractivity contribution in [1.82, 2.24) is 24.6 Å². The number of benzene rings is 1. The molecule has 7 nitrogen and oxygen atoms in total. The van der Waals surface area contributed by atoms with Crippen LogP contribution in [0.1, 0.15) is 24.1 Å². The molecule has 5 rings (SSSR count). The maximum Gasteiger partial charge on any atom is 0.184 e. The van der Waals surface area contributed by atoms with Crippen molar-refractivity contribution in [3.05, 3.63) is 52.8 Å². The number of halogens is 1. The molecular weight excluding hydrogens is 378 g/mol. The minimum Gasteiger partial charge on any atom is -0.383 e. The van der Waals surface area contributed by atoms with Crippen molar-refractivity contribution < 1.29 is 9.84 Å². The van der Waals surface area contributed by atoms with Crippen LogP contribution in [0.25, 0.3) is 28.2 Å². The number of ether oxygens (including phenoxy) is 1. The predicted molar refractivity (Wildman–Crippen MR) is 105 cm³/mol. The molecule has 0 amide bonds. The van der Waals surface area contributed by atoms with Crippen LogP contribution in [0.2, 0.25) is 5.02 Å². The second kappa shape index (κ2) is 6.48. The highest BCUT2D eigenvalue weighted by atomic mass is 35.5. The third kappa shape index (κ3) is 2.66. The summed E-state index contributed by atoms with van der Waals surface area (Å²) in [4.78, 5) is 9.03. The Morgan fingerprint density at radius 1 is 1.21 bits per heavy atom. The van der Waals surface area contributed by atoms with E-state index in [1.807, 2.05) is 35.6 Å². The molecule has 0 unspecified atom stereocenters. The zero-order valence-corrected chi connectivity index (χ0v) is 16.0. The highest BCUT2D eigenvalue weighted by molar-refractivity contribution is 6.33. The van der Waals surface area contributed by atoms with E-state index >= 15 is 0 Å². The van der Waals surface area contributed by atoms with Crippen LogP contribution >= 0.6 is 11.6 Å². The molecule has 4 heterocycles. The average Bonchev–Trinajstić information content (AvgIpc) is 3.15. The fourth-order valence-corrected chi connectivity index (χ4v) is 3.97. The first-order valence-corrected chi connectivity index (χ1v) is 9.52. The first kappa shape index (κ1) is 17.5. The lowest BCUT2D eigenvalue weighted by Crippen LogP contribution is -2.35. The molecule has 3 aromatic heterocycles. The molecule has 8 heteroatoms. The monoisotopic (exact) mass is 395 g/mol. The van der Waals surface area contributed by atoms with Crippen molar-refractivity contribution in [1.29, 1.82) is 0 Å². The van der Waals surface area contributed by atoms with Crippen molar-refractivity contribution in [3.63, 3.8) is 0 Å². The number of rotatable bonds is 2. The van der Waals surface area contributed by atoms with E-state index in [-0.39, 0.29) is 6.61 Å². The van der Waals surface area contributed by atoms with E-state index in [4.69, 9.17) is 16.3 Å². The van der Waals surface area contributed by atoms with E-state index in [1.54, 1.807) is 12.3 Å². The lowest BCUT2D eigenvalue weighted by molar-refractivity contribution is -0.0902. The Morgan fingerprint density at radius 2 is 2.11 bits per heavy atom. The smallest absolute Gasteiger partial charge is 0.184 e. The van der Waals surface area contributed by atoms with Crippen LogP contribution in [0, 0.1) is 6.92 Å². The van der Waals surface area contributed by atoms with Gasteiger partial charge in [0, 0.05) is 18.4 Å². The molecule has 0 saturated carbocycles. The lowest BCUT2D eigenvalue weighted by Gasteiger charge is -2.32. The van der Waals surface area contributed by atoms with Crippen molar-refractivity contribution in [2.45, 2.75) is 25.4 Å². The van der Waals surface area contributed by atoms with Gasteiger partial charge in [-0.1, -0.05) is 17.7 Å².